The minimum absolute atomic E-state index is 0.00873. The average Bonchev–Trinajstić information content (AvgIpc) is 2.88. The van der Waals surface area contributed by atoms with Gasteiger partial charge in [-0.3, -0.25) is 14.8 Å². The molecule has 3 fully saturated rings. The van der Waals surface area contributed by atoms with Crippen LogP contribution < -0.4 is 10.4 Å². The fourth-order valence-corrected chi connectivity index (χ4v) is 5.93. The monoisotopic (exact) mass is 458 g/mol. The number of carboxylic acid groups (broad SMARTS) is 1. The lowest BCUT2D eigenvalue weighted by molar-refractivity contribution is -0.148. The number of anilines is 1. The Balaban J connectivity index is 1.38. The van der Waals surface area contributed by atoms with Gasteiger partial charge in [0.05, 0.1) is 5.92 Å². The SMILES string of the molecule is O=C(NO)C1C[C@@H]([C@@H]2CCCN(C(=O)O)C2)CC[C@@H]1C(=O)N1CCN(c2ccccc2)CC1. The number of hydrogen-bond acceptors (Lipinski definition) is 5. The first kappa shape index (κ1) is 23.4. The molecule has 0 aromatic heterocycles. The molecule has 1 aromatic carbocycles. The summed E-state index contributed by atoms with van der Waals surface area (Å²) in [5.74, 6) is -1.19. The van der Waals surface area contributed by atoms with Gasteiger partial charge >= 0.3 is 6.09 Å². The second-order valence-corrected chi connectivity index (χ2v) is 9.54. The number of para-hydroxylation sites is 1. The lowest BCUT2D eigenvalue weighted by Gasteiger charge is -2.43. The molecule has 4 rings (SSSR count). The summed E-state index contributed by atoms with van der Waals surface area (Å²) in [6.07, 6.45) is 2.74. The Morgan fingerprint density at radius 3 is 2.24 bits per heavy atom. The minimum atomic E-state index is -0.900. The summed E-state index contributed by atoms with van der Waals surface area (Å²) in [5, 5.41) is 18.7. The van der Waals surface area contributed by atoms with E-state index in [1.807, 2.05) is 23.1 Å². The first-order chi connectivity index (χ1) is 16.0. The number of piperidine rings is 1. The maximum Gasteiger partial charge on any atom is 0.407 e. The second-order valence-electron chi connectivity index (χ2n) is 9.54. The number of hydrogen-bond donors (Lipinski definition) is 3. The van der Waals surface area contributed by atoms with Crippen LogP contribution in [0.4, 0.5) is 10.5 Å². The Morgan fingerprint density at radius 1 is 0.848 bits per heavy atom. The van der Waals surface area contributed by atoms with E-state index >= 15 is 0 Å². The van der Waals surface area contributed by atoms with Crippen molar-refractivity contribution in [2.24, 2.45) is 23.7 Å². The van der Waals surface area contributed by atoms with Crippen molar-refractivity contribution in [2.75, 3.05) is 44.2 Å². The predicted molar refractivity (Wildman–Crippen MR) is 122 cm³/mol. The number of hydroxylamine groups is 1. The van der Waals surface area contributed by atoms with Crippen molar-refractivity contribution in [1.29, 1.82) is 0 Å². The molecule has 3 N–H and O–H groups in total. The maximum absolute atomic E-state index is 13.4. The van der Waals surface area contributed by atoms with Gasteiger partial charge in [-0.2, -0.15) is 0 Å². The number of rotatable bonds is 4. The number of likely N-dealkylation sites (tertiary alicyclic amines) is 1. The van der Waals surface area contributed by atoms with E-state index in [1.165, 1.54) is 4.90 Å². The molecule has 1 unspecified atom stereocenters. The third-order valence-corrected chi connectivity index (χ3v) is 7.76. The topological polar surface area (TPSA) is 113 Å². The smallest absolute Gasteiger partial charge is 0.407 e. The van der Waals surface area contributed by atoms with Gasteiger partial charge in [-0.25, -0.2) is 10.3 Å². The Labute approximate surface area is 194 Å². The maximum atomic E-state index is 13.4. The zero-order chi connectivity index (χ0) is 23.4. The van der Waals surface area contributed by atoms with E-state index in [1.54, 1.807) is 5.48 Å². The largest absolute Gasteiger partial charge is 0.465 e. The van der Waals surface area contributed by atoms with Crippen molar-refractivity contribution < 1.29 is 24.7 Å². The molecule has 2 aliphatic heterocycles. The van der Waals surface area contributed by atoms with Gasteiger partial charge in [0.2, 0.25) is 11.8 Å². The molecule has 0 bridgehead atoms. The highest BCUT2D eigenvalue weighted by Gasteiger charge is 2.44. The molecule has 9 heteroatoms. The van der Waals surface area contributed by atoms with Crippen molar-refractivity contribution in [1.82, 2.24) is 15.3 Å². The van der Waals surface area contributed by atoms with Crippen LogP contribution in [-0.2, 0) is 9.59 Å². The zero-order valence-corrected chi connectivity index (χ0v) is 18.9. The molecular weight excluding hydrogens is 424 g/mol. The third-order valence-electron chi connectivity index (χ3n) is 7.76. The van der Waals surface area contributed by atoms with Crippen molar-refractivity contribution in [3.05, 3.63) is 30.3 Å². The molecule has 1 aliphatic carbocycles. The van der Waals surface area contributed by atoms with Crippen LogP contribution in [-0.4, -0.2) is 77.3 Å². The Kier molecular flexibility index (Phi) is 7.37. The molecule has 3 aliphatic rings. The van der Waals surface area contributed by atoms with Gasteiger partial charge in [0.25, 0.3) is 0 Å². The minimum Gasteiger partial charge on any atom is -0.465 e. The van der Waals surface area contributed by atoms with E-state index in [2.05, 4.69) is 17.0 Å². The summed E-state index contributed by atoms with van der Waals surface area (Å²) in [7, 11) is 0. The predicted octanol–water partition coefficient (Wildman–Crippen LogP) is 2.26. The first-order valence-electron chi connectivity index (χ1n) is 12.0. The van der Waals surface area contributed by atoms with Crippen molar-refractivity contribution in [3.8, 4) is 0 Å². The van der Waals surface area contributed by atoms with E-state index in [9.17, 15) is 24.7 Å². The van der Waals surface area contributed by atoms with E-state index in [0.29, 0.717) is 39.0 Å². The third kappa shape index (κ3) is 5.24. The number of carbonyl (C=O) groups excluding carboxylic acids is 2. The molecule has 1 saturated carbocycles. The van der Waals surface area contributed by atoms with Crippen LogP contribution in [0.15, 0.2) is 30.3 Å². The number of piperazine rings is 1. The molecule has 9 nitrogen and oxygen atoms in total. The molecule has 1 aromatic rings. The lowest BCUT2D eigenvalue weighted by Crippen LogP contribution is -2.53. The summed E-state index contributed by atoms with van der Waals surface area (Å²) in [4.78, 5) is 42.9. The van der Waals surface area contributed by atoms with Crippen LogP contribution in [0.3, 0.4) is 0 Å². The van der Waals surface area contributed by atoms with Crippen LogP contribution in [0.25, 0.3) is 0 Å². The Bertz CT molecular complexity index is 843. The van der Waals surface area contributed by atoms with Gasteiger partial charge < -0.3 is 19.8 Å². The summed E-state index contributed by atoms with van der Waals surface area (Å²) in [5.41, 5.74) is 2.92. The number of amides is 3. The van der Waals surface area contributed by atoms with E-state index in [0.717, 1.165) is 38.0 Å². The fraction of sp³-hybridized carbons (Fsp3) is 0.625. The van der Waals surface area contributed by atoms with Crippen LogP contribution in [0.5, 0.6) is 0 Å². The van der Waals surface area contributed by atoms with Gasteiger partial charge in [-0.1, -0.05) is 18.2 Å². The van der Waals surface area contributed by atoms with Crippen LogP contribution in [0.2, 0.25) is 0 Å². The number of nitrogens with one attached hydrogen (secondary N) is 1. The molecule has 180 valence electrons. The Hall–Kier alpha value is -2.81. The van der Waals surface area contributed by atoms with E-state index < -0.39 is 23.8 Å². The van der Waals surface area contributed by atoms with Gasteiger partial charge in [0.15, 0.2) is 0 Å². The molecule has 4 atom stereocenters. The zero-order valence-electron chi connectivity index (χ0n) is 18.9. The van der Waals surface area contributed by atoms with E-state index in [4.69, 9.17) is 0 Å². The summed E-state index contributed by atoms with van der Waals surface area (Å²) < 4.78 is 0. The van der Waals surface area contributed by atoms with Gasteiger partial charge in [-0.15, -0.1) is 0 Å². The van der Waals surface area contributed by atoms with Crippen molar-refractivity contribution >= 4 is 23.6 Å². The molecule has 2 heterocycles. The number of nitrogens with zero attached hydrogens (tertiary/aromatic N) is 3. The van der Waals surface area contributed by atoms with E-state index in [-0.39, 0.29) is 17.7 Å². The molecule has 2 saturated heterocycles. The normalized spacial score (nSPS) is 28.3. The van der Waals surface area contributed by atoms with Gasteiger partial charge in [-0.05, 0) is 56.1 Å². The van der Waals surface area contributed by atoms with Gasteiger partial charge in [0.1, 0.15) is 0 Å². The number of benzene rings is 1. The van der Waals surface area contributed by atoms with Crippen LogP contribution >= 0.6 is 0 Å². The molecule has 0 spiro atoms. The Morgan fingerprint density at radius 2 is 1.58 bits per heavy atom. The van der Waals surface area contributed by atoms with Crippen molar-refractivity contribution in [2.45, 2.75) is 32.1 Å². The van der Waals surface area contributed by atoms with Crippen LogP contribution in [0, 0.1) is 23.7 Å². The summed E-state index contributed by atoms with van der Waals surface area (Å²) in [6, 6.07) is 10.1. The highest BCUT2D eigenvalue weighted by Crippen LogP contribution is 2.41. The summed E-state index contributed by atoms with van der Waals surface area (Å²) >= 11 is 0. The van der Waals surface area contributed by atoms with Crippen molar-refractivity contribution in [3.63, 3.8) is 0 Å². The van der Waals surface area contributed by atoms with Crippen LogP contribution in [0.1, 0.15) is 32.1 Å². The lowest BCUT2D eigenvalue weighted by atomic mass is 9.67. The molecule has 0 radical (unpaired) electrons. The number of carbonyl (C=O) groups is 3. The fourth-order valence-electron chi connectivity index (χ4n) is 5.93. The molecule has 33 heavy (non-hydrogen) atoms. The second kappa shape index (κ2) is 10.4. The molecular formula is C24H34N4O5. The highest BCUT2D eigenvalue weighted by molar-refractivity contribution is 5.87. The average molecular weight is 459 g/mol. The van der Waals surface area contributed by atoms with Gasteiger partial charge in [0, 0.05) is 50.9 Å². The quantitative estimate of drug-likeness (QED) is 0.471. The summed E-state index contributed by atoms with van der Waals surface area (Å²) in [6.45, 7) is 3.74. The highest BCUT2D eigenvalue weighted by atomic mass is 16.5. The standard InChI is InChI=1S/C24H34N4O5/c29-22(25-33)21-15-17(18-5-4-10-28(16-18)24(31)32)8-9-20(21)23(30)27-13-11-26(12-14-27)19-6-2-1-3-7-19/h1-3,6-7,17-18,20-21,33H,4-5,8-16H2,(H,25,29)(H,31,32)/t17-,18+,20-,21?/m0/s1. The first-order valence-corrected chi connectivity index (χ1v) is 12.0. The molecule has 3 amide bonds.